The Hall–Kier alpha value is -2.74. The minimum atomic E-state index is -3.68. The first-order valence-corrected chi connectivity index (χ1v) is 11.2. The van der Waals surface area contributed by atoms with Crippen LogP contribution >= 0.6 is 0 Å². The van der Waals surface area contributed by atoms with Gasteiger partial charge in [-0.25, -0.2) is 8.42 Å². The van der Waals surface area contributed by atoms with E-state index in [2.05, 4.69) is 11.4 Å². The highest BCUT2D eigenvalue weighted by Crippen LogP contribution is 2.34. The summed E-state index contributed by atoms with van der Waals surface area (Å²) < 4.78 is 36.8. The van der Waals surface area contributed by atoms with Crippen molar-refractivity contribution in [3.05, 3.63) is 53.1 Å². The maximum Gasteiger partial charge on any atom is 0.241 e. The van der Waals surface area contributed by atoms with Gasteiger partial charge in [0.2, 0.25) is 15.9 Å². The molecule has 1 N–H and O–H groups in total. The summed E-state index contributed by atoms with van der Waals surface area (Å²) in [7, 11) is -3.68. The predicted molar refractivity (Wildman–Crippen MR) is 112 cm³/mol. The van der Waals surface area contributed by atoms with Gasteiger partial charge < -0.3 is 14.8 Å². The molecule has 0 spiro atoms. The number of amides is 1. The third-order valence-electron chi connectivity index (χ3n) is 4.77. The lowest BCUT2D eigenvalue weighted by atomic mass is 10.0. The van der Waals surface area contributed by atoms with Crippen LogP contribution in [0.3, 0.4) is 0 Å². The number of sulfonamides is 1. The maximum atomic E-state index is 12.7. The highest BCUT2D eigenvalue weighted by molar-refractivity contribution is 7.92. The summed E-state index contributed by atoms with van der Waals surface area (Å²) >= 11 is 0. The Labute approximate surface area is 171 Å². The van der Waals surface area contributed by atoms with E-state index in [9.17, 15) is 13.2 Å². The van der Waals surface area contributed by atoms with Crippen LogP contribution in [0.1, 0.15) is 29.7 Å². The van der Waals surface area contributed by atoms with E-state index in [0.717, 1.165) is 27.3 Å². The van der Waals surface area contributed by atoms with Crippen LogP contribution in [0.15, 0.2) is 36.4 Å². The Kier molecular flexibility index (Phi) is 6.02. The van der Waals surface area contributed by atoms with Crippen molar-refractivity contribution in [2.45, 2.75) is 26.8 Å². The molecular weight excluding hydrogens is 392 g/mol. The zero-order valence-electron chi connectivity index (χ0n) is 17.1. The molecule has 0 fully saturated rings. The summed E-state index contributed by atoms with van der Waals surface area (Å²) in [6, 6.07) is 10.6. The molecule has 1 aliphatic heterocycles. The van der Waals surface area contributed by atoms with Gasteiger partial charge in [0.15, 0.2) is 11.5 Å². The van der Waals surface area contributed by atoms with E-state index >= 15 is 0 Å². The molecule has 0 aromatic heterocycles. The van der Waals surface area contributed by atoms with Crippen molar-refractivity contribution in [1.82, 2.24) is 5.32 Å². The molecule has 0 saturated carbocycles. The topological polar surface area (TPSA) is 84.9 Å². The monoisotopic (exact) mass is 418 g/mol. The Morgan fingerprint density at radius 3 is 2.45 bits per heavy atom. The van der Waals surface area contributed by atoms with Crippen molar-refractivity contribution >= 4 is 21.6 Å². The molecule has 3 rings (SSSR count). The number of benzene rings is 2. The molecule has 0 radical (unpaired) electrons. The fourth-order valence-corrected chi connectivity index (χ4v) is 4.24. The fourth-order valence-electron chi connectivity index (χ4n) is 3.39. The molecule has 1 aliphatic rings. The molecule has 2 aromatic carbocycles. The van der Waals surface area contributed by atoms with E-state index in [0.29, 0.717) is 30.4 Å². The largest absolute Gasteiger partial charge is 0.486 e. The van der Waals surface area contributed by atoms with E-state index in [4.69, 9.17) is 9.47 Å². The molecule has 0 bridgehead atoms. The number of fused-ring (bicyclic) bond motifs is 1. The average Bonchev–Trinajstić information content (AvgIpc) is 2.64. The van der Waals surface area contributed by atoms with Crippen LogP contribution in [-0.2, 0) is 14.8 Å². The number of hydrogen-bond donors (Lipinski definition) is 1. The summed E-state index contributed by atoms with van der Waals surface area (Å²) in [5.74, 6) is 0.630. The minimum absolute atomic E-state index is 0.246. The third kappa shape index (κ3) is 5.00. The number of aryl methyl sites for hydroxylation is 2. The fraction of sp³-hybridized carbons (Fsp3) is 0.381. The molecule has 2 aromatic rings. The number of nitrogens with zero attached hydrogens (tertiary/aromatic N) is 1. The summed E-state index contributed by atoms with van der Waals surface area (Å²) in [5, 5.41) is 2.89. The molecule has 1 heterocycles. The van der Waals surface area contributed by atoms with E-state index in [-0.39, 0.29) is 12.6 Å². The van der Waals surface area contributed by atoms with Gasteiger partial charge in [0.25, 0.3) is 0 Å². The minimum Gasteiger partial charge on any atom is -0.486 e. The number of nitrogens with one attached hydrogen (secondary N) is 1. The van der Waals surface area contributed by atoms with Gasteiger partial charge in [0.1, 0.15) is 19.8 Å². The Morgan fingerprint density at radius 1 is 1.10 bits per heavy atom. The van der Waals surface area contributed by atoms with Gasteiger partial charge in [0.05, 0.1) is 18.0 Å². The third-order valence-corrected chi connectivity index (χ3v) is 5.91. The van der Waals surface area contributed by atoms with Crippen LogP contribution in [0, 0.1) is 13.8 Å². The molecule has 1 atom stereocenters. The SMILES string of the molecule is Cc1ccc([C@H](C)NC(=O)CN(c2ccc3c(c2)OCCO3)S(C)(=O)=O)c(C)c1. The maximum absolute atomic E-state index is 12.7. The van der Waals surface area contributed by atoms with E-state index in [1.165, 1.54) is 0 Å². The van der Waals surface area contributed by atoms with Crippen LogP contribution in [0.2, 0.25) is 0 Å². The number of carbonyl (C=O) groups is 1. The first-order valence-electron chi connectivity index (χ1n) is 9.39. The molecular formula is C21H26N2O5S. The highest BCUT2D eigenvalue weighted by atomic mass is 32.2. The van der Waals surface area contributed by atoms with Crippen LogP contribution < -0.4 is 19.1 Å². The predicted octanol–water partition coefficient (Wildman–Crippen LogP) is 2.72. The molecule has 8 heteroatoms. The zero-order chi connectivity index (χ0) is 21.2. The molecule has 0 saturated heterocycles. The highest BCUT2D eigenvalue weighted by Gasteiger charge is 2.24. The standard InChI is InChI=1S/C21H26N2O5S/c1-14-5-7-18(15(2)11-14)16(3)22-21(24)13-23(29(4,25)26)17-6-8-19-20(12-17)28-10-9-27-19/h5-8,11-12,16H,9-10,13H2,1-4H3,(H,22,24)/t16-/m0/s1. The normalized spacial score (nSPS) is 14.2. The van der Waals surface area contributed by atoms with Crippen molar-refractivity contribution in [3.8, 4) is 11.5 Å². The van der Waals surface area contributed by atoms with Crippen molar-refractivity contribution in [1.29, 1.82) is 0 Å². The molecule has 0 unspecified atom stereocenters. The summed E-state index contributed by atoms with van der Waals surface area (Å²) in [5.41, 5.74) is 3.57. The van der Waals surface area contributed by atoms with E-state index in [1.807, 2.05) is 32.9 Å². The second-order valence-corrected chi connectivity index (χ2v) is 9.15. The van der Waals surface area contributed by atoms with Gasteiger partial charge in [-0.1, -0.05) is 23.8 Å². The van der Waals surface area contributed by atoms with Gasteiger partial charge in [-0.15, -0.1) is 0 Å². The number of ether oxygens (including phenoxy) is 2. The Balaban J connectivity index is 1.78. The second kappa shape index (κ2) is 8.32. The summed E-state index contributed by atoms with van der Waals surface area (Å²) in [4.78, 5) is 12.7. The number of hydrogen-bond acceptors (Lipinski definition) is 5. The first kappa shape index (κ1) is 21.0. The van der Waals surface area contributed by atoms with Gasteiger partial charge in [-0.2, -0.15) is 0 Å². The first-order chi connectivity index (χ1) is 13.6. The summed E-state index contributed by atoms with van der Waals surface area (Å²) in [6.45, 7) is 6.39. The molecule has 7 nitrogen and oxygen atoms in total. The zero-order valence-corrected chi connectivity index (χ0v) is 17.9. The van der Waals surface area contributed by atoms with Crippen LogP contribution in [0.25, 0.3) is 0 Å². The lowest BCUT2D eigenvalue weighted by molar-refractivity contribution is -0.120. The van der Waals surface area contributed by atoms with Crippen molar-refractivity contribution in [2.75, 3.05) is 30.3 Å². The van der Waals surface area contributed by atoms with Gasteiger partial charge >= 0.3 is 0 Å². The van der Waals surface area contributed by atoms with E-state index < -0.39 is 15.9 Å². The Bertz CT molecular complexity index is 1020. The Morgan fingerprint density at radius 2 is 1.79 bits per heavy atom. The smallest absolute Gasteiger partial charge is 0.241 e. The average molecular weight is 419 g/mol. The number of anilines is 1. The number of rotatable bonds is 6. The van der Waals surface area contributed by atoms with Crippen LogP contribution in [0.5, 0.6) is 11.5 Å². The number of carbonyl (C=O) groups excluding carboxylic acids is 1. The summed E-state index contributed by atoms with van der Waals surface area (Å²) in [6.07, 6.45) is 1.07. The van der Waals surface area contributed by atoms with E-state index in [1.54, 1.807) is 18.2 Å². The quantitative estimate of drug-likeness (QED) is 0.780. The molecule has 1 amide bonds. The van der Waals surface area contributed by atoms with Crippen LogP contribution in [0.4, 0.5) is 5.69 Å². The van der Waals surface area contributed by atoms with Gasteiger partial charge in [-0.3, -0.25) is 9.10 Å². The molecule has 156 valence electrons. The lowest BCUT2D eigenvalue weighted by Gasteiger charge is -2.25. The van der Waals surface area contributed by atoms with Crippen molar-refractivity contribution in [2.24, 2.45) is 0 Å². The van der Waals surface area contributed by atoms with Gasteiger partial charge in [0, 0.05) is 6.07 Å². The molecule has 0 aliphatic carbocycles. The lowest BCUT2D eigenvalue weighted by Crippen LogP contribution is -2.41. The van der Waals surface area contributed by atoms with Crippen molar-refractivity contribution < 1.29 is 22.7 Å². The molecule has 29 heavy (non-hydrogen) atoms. The van der Waals surface area contributed by atoms with Gasteiger partial charge in [-0.05, 0) is 44.0 Å². The second-order valence-electron chi connectivity index (χ2n) is 7.25. The van der Waals surface area contributed by atoms with Crippen molar-refractivity contribution in [3.63, 3.8) is 0 Å². The van der Waals surface area contributed by atoms with Crippen LogP contribution in [-0.4, -0.2) is 40.3 Å².